The van der Waals surface area contributed by atoms with Crippen LogP contribution in [0.4, 0.5) is 0 Å². The van der Waals surface area contributed by atoms with Gasteiger partial charge in [-0.2, -0.15) is 0 Å². The van der Waals surface area contributed by atoms with E-state index in [4.69, 9.17) is 0 Å². The van der Waals surface area contributed by atoms with Crippen LogP contribution in [0.1, 0.15) is 11.5 Å². The van der Waals surface area contributed by atoms with Crippen LogP contribution in [0.2, 0.25) is 0 Å². The van der Waals surface area contributed by atoms with E-state index in [0.717, 1.165) is 16.2 Å². The second kappa shape index (κ2) is 6.11. The van der Waals surface area contributed by atoms with E-state index in [9.17, 15) is 0 Å². The Hall–Kier alpha value is -0.740. The van der Waals surface area contributed by atoms with E-state index in [-0.39, 0.29) is 0 Å². The van der Waals surface area contributed by atoms with Crippen LogP contribution in [-0.2, 0) is 0 Å². The van der Waals surface area contributed by atoms with Gasteiger partial charge in [-0.05, 0) is 5.56 Å². The number of aromatic amines is 1. The highest BCUT2D eigenvalue weighted by Gasteiger charge is 2.10. The number of rotatable bonds is 5. The number of nitrogens with zero attached hydrogens (tertiary/aromatic N) is 1. The Balaban J connectivity index is 1.96. The number of hydrogen-bond acceptors (Lipinski definition) is 2. The number of H-pyrrole nitrogens is 1. The molecule has 0 saturated heterocycles. The zero-order chi connectivity index (χ0) is 11.2. The normalized spacial score (nSPS) is 12.6. The fraction of sp³-hybridized carbons (Fsp3) is 0.250. The Labute approximate surface area is 108 Å². The third kappa shape index (κ3) is 3.12. The Morgan fingerprint density at radius 2 is 2.12 bits per heavy atom. The summed E-state index contributed by atoms with van der Waals surface area (Å²) in [5, 5.41) is 1.96. The van der Waals surface area contributed by atoms with E-state index in [1.54, 1.807) is 18.0 Å². The summed E-state index contributed by atoms with van der Waals surface area (Å²) in [7, 11) is 0. The monoisotopic (exact) mass is 296 g/mol. The van der Waals surface area contributed by atoms with Gasteiger partial charge in [0.05, 0.1) is 0 Å². The first-order chi connectivity index (χ1) is 7.90. The maximum Gasteiger partial charge on any atom is 0.165 e. The maximum absolute atomic E-state index is 4.21. The first kappa shape index (κ1) is 11.7. The van der Waals surface area contributed by atoms with Crippen LogP contribution in [-0.4, -0.2) is 21.1 Å². The molecule has 2 nitrogen and oxygen atoms in total. The molecule has 2 aromatic rings. The molecule has 0 spiro atoms. The molecule has 1 unspecified atom stereocenters. The second-order valence-electron chi connectivity index (χ2n) is 3.47. The molecule has 0 aliphatic carbocycles. The second-order valence-corrected chi connectivity index (χ2v) is 5.12. The fourth-order valence-corrected chi connectivity index (χ4v) is 3.33. The highest BCUT2D eigenvalue weighted by atomic mass is 79.9. The molecule has 1 aromatic carbocycles. The lowest BCUT2D eigenvalue weighted by Gasteiger charge is -2.12. The van der Waals surface area contributed by atoms with Crippen LogP contribution >= 0.6 is 27.7 Å². The summed E-state index contributed by atoms with van der Waals surface area (Å²) < 4.78 is 0. The lowest BCUT2D eigenvalue weighted by molar-refractivity contribution is 0.897. The average molecular weight is 297 g/mol. The summed E-state index contributed by atoms with van der Waals surface area (Å²) in [6, 6.07) is 10.6. The molecule has 0 aliphatic heterocycles. The quantitative estimate of drug-likeness (QED) is 0.673. The molecule has 16 heavy (non-hydrogen) atoms. The summed E-state index contributed by atoms with van der Waals surface area (Å²) in [5.41, 5.74) is 1.37. The smallest absolute Gasteiger partial charge is 0.165 e. The van der Waals surface area contributed by atoms with Crippen molar-refractivity contribution in [1.82, 2.24) is 9.97 Å². The number of imidazole rings is 1. The number of aromatic nitrogens is 2. The predicted octanol–water partition coefficient (Wildman–Crippen LogP) is 3.68. The van der Waals surface area contributed by atoms with Crippen molar-refractivity contribution in [2.24, 2.45) is 0 Å². The number of hydrogen-bond donors (Lipinski definition) is 1. The van der Waals surface area contributed by atoms with E-state index in [2.05, 4.69) is 56.2 Å². The minimum atomic E-state index is 0.524. The van der Waals surface area contributed by atoms with Gasteiger partial charge >= 0.3 is 0 Å². The van der Waals surface area contributed by atoms with Crippen LogP contribution < -0.4 is 0 Å². The van der Waals surface area contributed by atoms with Crippen LogP contribution in [0.3, 0.4) is 0 Å². The van der Waals surface area contributed by atoms with E-state index < -0.39 is 0 Å². The van der Waals surface area contributed by atoms with Crippen molar-refractivity contribution < 1.29 is 0 Å². The Bertz CT molecular complexity index is 402. The molecule has 0 saturated carbocycles. The molecule has 1 heterocycles. The number of nitrogens with one attached hydrogen (secondary N) is 1. The first-order valence-corrected chi connectivity index (χ1v) is 7.24. The largest absolute Gasteiger partial charge is 0.340 e. The molecule has 1 atom stereocenters. The molecular formula is C12H13BrN2S. The van der Waals surface area contributed by atoms with Crippen molar-refractivity contribution in [3.05, 3.63) is 48.3 Å². The Morgan fingerprint density at radius 1 is 1.31 bits per heavy atom. The van der Waals surface area contributed by atoms with Gasteiger partial charge < -0.3 is 4.98 Å². The van der Waals surface area contributed by atoms with Crippen LogP contribution in [0.15, 0.2) is 47.9 Å². The minimum absolute atomic E-state index is 0.524. The SMILES string of the molecule is BrCC(CSc1ncc[nH]1)c1ccccc1. The van der Waals surface area contributed by atoms with Crippen molar-refractivity contribution in [1.29, 1.82) is 0 Å². The standard InChI is InChI=1S/C12H13BrN2S/c13-8-11(10-4-2-1-3-5-10)9-16-12-14-6-7-15-12/h1-7,11H,8-9H2,(H,14,15). The molecule has 1 aromatic heterocycles. The summed E-state index contributed by atoms with van der Waals surface area (Å²) >= 11 is 5.33. The summed E-state index contributed by atoms with van der Waals surface area (Å²) in [4.78, 5) is 7.31. The summed E-state index contributed by atoms with van der Waals surface area (Å²) in [5.74, 6) is 1.55. The molecule has 0 fully saturated rings. The van der Waals surface area contributed by atoms with E-state index in [1.165, 1.54) is 5.56 Å². The van der Waals surface area contributed by atoms with Gasteiger partial charge in [0, 0.05) is 29.4 Å². The Morgan fingerprint density at radius 3 is 2.75 bits per heavy atom. The van der Waals surface area contributed by atoms with Crippen LogP contribution in [0.25, 0.3) is 0 Å². The van der Waals surface area contributed by atoms with Crippen LogP contribution in [0.5, 0.6) is 0 Å². The van der Waals surface area contributed by atoms with Gasteiger partial charge in [0.25, 0.3) is 0 Å². The van der Waals surface area contributed by atoms with Crippen molar-refractivity contribution in [3.8, 4) is 0 Å². The zero-order valence-electron chi connectivity index (χ0n) is 8.77. The van der Waals surface area contributed by atoms with Gasteiger partial charge in [0.15, 0.2) is 5.16 Å². The van der Waals surface area contributed by atoms with Crippen LogP contribution in [0, 0.1) is 0 Å². The maximum atomic E-state index is 4.21. The molecule has 4 heteroatoms. The molecule has 0 aliphatic rings. The molecule has 0 bridgehead atoms. The van der Waals surface area contributed by atoms with E-state index >= 15 is 0 Å². The highest BCUT2D eigenvalue weighted by molar-refractivity contribution is 9.09. The lowest BCUT2D eigenvalue weighted by atomic mass is 10.0. The number of thioether (sulfide) groups is 1. The fourth-order valence-electron chi connectivity index (χ4n) is 1.46. The number of alkyl halides is 1. The summed E-state index contributed by atoms with van der Waals surface area (Å²) in [6.07, 6.45) is 3.64. The minimum Gasteiger partial charge on any atom is -0.340 e. The van der Waals surface area contributed by atoms with Gasteiger partial charge in [-0.15, -0.1) is 0 Å². The molecule has 1 N–H and O–H groups in total. The molecule has 0 amide bonds. The van der Waals surface area contributed by atoms with Gasteiger partial charge in [-0.1, -0.05) is 58.0 Å². The lowest BCUT2D eigenvalue weighted by Crippen LogP contribution is -2.03. The number of halogens is 1. The third-order valence-electron chi connectivity index (χ3n) is 2.35. The highest BCUT2D eigenvalue weighted by Crippen LogP contribution is 2.25. The molecule has 0 radical (unpaired) electrons. The van der Waals surface area contributed by atoms with Gasteiger partial charge in [0.2, 0.25) is 0 Å². The third-order valence-corrected chi connectivity index (χ3v) is 4.20. The Kier molecular flexibility index (Phi) is 4.48. The van der Waals surface area contributed by atoms with Gasteiger partial charge in [-0.3, -0.25) is 0 Å². The topological polar surface area (TPSA) is 28.7 Å². The molecule has 84 valence electrons. The van der Waals surface area contributed by atoms with Gasteiger partial charge in [0.1, 0.15) is 0 Å². The molecule has 2 rings (SSSR count). The average Bonchev–Trinajstić information content (AvgIpc) is 2.84. The summed E-state index contributed by atoms with van der Waals surface area (Å²) in [6.45, 7) is 0. The van der Waals surface area contributed by atoms with E-state index in [1.807, 2.05) is 6.20 Å². The van der Waals surface area contributed by atoms with E-state index in [0.29, 0.717) is 5.92 Å². The van der Waals surface area contributed by atoms with Crippen molar-refractivity contribution in [2.75, 3.05) is 11.1 Å². The molecular weight excluding hydrogens is 284 g/mol. The van der Waals surface area contributed by atoms with Crippen molar-refractivity contribution in [3.63, 3.8) is 0 Å². The first-order valence-electron chi connectivity index (χ1n) is 5.13. The zero-order valence-corrected chi connectivity index (χ0v) is 11.2. The number of benzene rings is 1. The van der Waals surface area contributed by atoms with Crippen molar-refractivity contribution in [2.45, 2.75) is 11.1 Å². The van der Waals surface area contributed by atoms with Crippen molar-refractivity contribution >= 4 is 27.7 Å². The van der Waals surface area contributed by atoms with Gasteiger partial charge in [-0.25, -0.2) is 4.98 Å². The predicted molar refractivity (Wildman–Crippen MR) is 72.3 cm³/mol.